The summed E-state index contributed by atoms with van der Waals surface area (Å²) in [6, 6.07) is 7.70. The van der Waals surface area contributed by atoms with Crippen LogP contribution in [0.5, 0.6) is 5.75 Å². The van der Waals surface area contributed by atoms with Crippen LogP contribution < -0.4 is 5.56 Å². The molecule has 0 aliphatic heterocycles. The van der Waals surface area contributed by atoms with Gasteiger partial charge in [-0.25, -0.2) is 0 Å². The highest BCUT2D eigenvalue weighted by Gasteiger charge is 2.16. The van der Waals surface area contributed by atoms with Gasteiger partial charge in [0, 0.05) is 18.8 Å². The first-order valence-corrected chi connectivity index (χ1v) is 9.14. The van der Waals surface area contributed by atoms with E-state index in [1.807, 2.05) is 0 Å². The standard InChI is InChI=1S/C17H18NO6P/c1-11-8-15(20)16(17(21)18(11)2)14(19)7-6-12-4-3-5-13(9-12)10-25(22,23)24/h3-9,20H,10H2,1-2H3,(H2,22,23,24). The van der Waals surface area contributed by atoms with Gasteiger partial charge in [-0.3, -0.25) is 14.2 Å². The second-order valence-electron chi connectivity index (χ2n) is 5.68. The number of benzene rings is 1. The van der Waals surface area contributed by atoms with Crippen LogP contribution in [0.25, 0.3) is 6.08 Å². The molecule has 7 nitrogen and oxygen atoms in total. The molecule has 0 fully saturated rings. The summed E-state index contributed by atoms with van der Waals surface area (Å²) >= 11 is 0. The van der Waals surface area contributed by atoms with Gasteiger partial charge in [-0.1, -0.05) is 30.3 Å². The summed E-state index contributed by atoms with van der Waals surface area (Å²) in [5.74, 6) is -1.04. The predicted octanol–water partition coefficient (Wildman–Crippen LogP) is 1.97. The third kappa shape index (κ3) is 4.76. The maximum absolute atomic E-state index is 12.3. The van der Waals surface area contributed by atoms with E-state index >= 15 is 0 Å². The van der Waals surface area contributed by atoms with Crippen molar-refractivity contribution in [1.82, 2.24) is 4.57 Å². The molecule has 1 heterocycles. The number of pyridine rings is 1. The lowest BCUT2D eigenvalue weighted by Gasteiger charge is -2.07. The van der Waals surface area contributed by atoms with Crippen molar-refractivity contribution in [2.75, 3.05) is 0 Å². The van der Waals surface area contributed by atoms with Crippen molar-refractivity contribution in [1.29, 1.82) is 0 Å². The molecule has 0 aliphatic carbocycles. The maximum atomic E-state index is 12.3. The summed E-state index contributed by atoms with van der Waals surface area (Å²) in [6.45, 7) is 1.64. The molecule has 0 bridgehead atoms. The van der Waals surface area contributed by atoms with Crippen molar-refractivity contribution in [2.45, 2.75) is 13.1 Å². The number of hydrogen-bond acceptors (Lipinski definition) is 4. The number of carbonyl (C=O) groups excluding carboxylic acids is 1. The second kappa shape index (κ2) is 7.19. The molecule has 2 rings (SSSR count). The summed E-state index contributed by atoms with van der Waals surface area (Å²) in [5, 5.41) is 9.88. The molecule has 0 saturated carbocycles. The van der Waals surface area contributed by atoms with Gasteiger partial charge >= 0.3 is 7.60 Å². The Labute approximate surface area is 144 Å². The molecule has 8 heteroatoms. The average molecular weight is 363 g/mol. The Bertz CT molecular complexity index is 954. The van der Waals surface area contributed by atoms with Crippen LogP contribution in [-0.2, 0) is 17.8 Å². The zero-order chi connectivity index (χ0) is 18.8. The molecule has 0 unspecified atom stereocenters. The largest absolute Gasteiger partial charge is 0.507 e. The number of aromatic hydroxyl groups is 1. The average Bonchev–Trinajstić information content (AvgIpc) is 2.49. The third-order valence-corrected chi connectivity index (χ3v) is 4.44. The van der Waals surface area contributed by atoms with Crippen molar-refractivity contribution in [3.63, 3.8) is 0 Å². The van der Waals surface area contributed by atoms with E-state index in [9.17, 15) is 19.3 Å². The van der Waals surface area contributed by atoms with Crippen molar-refractivity contribution < 1.29 is 24.3 Å². The normalized spacial score (nSPS) is 11.8. The molecule has 0 spiro atoms. The SMILES string of the molecule is Cc1cc(O)c(C(=O)C=Cc2cccc(CP(=O)(O)O)c2)c(=O)n1C. The summed E-state index contributed by atoms with van der Waals surface area (Å²) in [6.07, 6.45) is 2.16. The monoisotopic (exact) mass is 363 g/mol. The summed E-state index contributed by atoms with van der Waals surface area (Å²) < 4.78 is 12.3. The molecule has 0 radical (unpaired) electrons. The van der Waals surface area contributed by atoms with Gasteiger partial charge < -0.3 is 19.5 Å². The number of ketones is 1. The van der Waals surface area contributed by atoms with E-state index < -0.39 is 25.1 Å². The van der Waals surface area contributed by atoms with Crippen molar-refractivity contribution in [3.05, 3.63) is 69.1 Å². The van der Waals surface area contributed by atoms with Crippen LogP contribution in [0.2, 0.25) is 0 Å². The molecule has 1 aromatic carbocycles. The molecule has 1 aromatic heterocycles. The van der Waals surface area contributed by atoms with Gasteiger partial charge in [0.2, 0.25) is 0 Å². The smallest absolute Gasteiger partial charge is 0.329 e. The molecule has 2 aromatic rings. The Morgan fingerprint density at radius 2 is 1.96 bits per heavy atom. The molecular weight excluding hydrogens is 345 g/mol. The van der Waals surface area contributed by atoms with E-state index in [-0.39, 0.29) is 11.3 Å². The van der Waals surface area contributed by atoms with Crippen molar-refractivity contribution >= 4 is 19.5 Å². The van der Waals surface area contributed by atoms with Crippen molar-refractivity contribution in [3.8, 4) is 5.75 Å². The number of nitrogens with zero attached hydrogens (tertiary/aromatic N) is 1. The minimum Gasteiger partial charge on any atom is -0.507 e. The molecule has 0 atom stereocenters. The molecular formula is C17H18NO6P. The van der Waals surface area contributed by atoms with Crippen LogP contribution in [0.4, 0.5) is 0 Å². The highest BCUT2D eigenvalue weighted by Crippen LogP contribution is 2.39. The van der Waals surface area contributed by atoms with E-state index in [1.54, 1.807) is 25.1 Å². The number of aryl methyl sites for hydroxylation is 1. The van der Waals surface area contributed by atoms with Crippen LogP contribution in [0.15, 0.2) is 41.2 Å². The van der Waals surface area contributed by atoms with Gasteiger partial charge in [-0.2, -0.15) is 0 Å². The lowest BCUT2D eigenvalue weighted by atomic mass is 10.1. The Balaban J connectivity index is 2.30. The molecule has 25 heavy (non-hydrogen) atoms. The van der Waals surface area contributed by atoms with Crippen molar-refractivity contribution in [2.24, 2.45) is 7.05 Å². The molecule has 132 valence electrons. The van der Waals surface area contributed by atoms with E-state index in [0.717, 1.165) is 6.08 Å². The highest BCUT2D eigenvalue weighted by molar-refractivity contribution is 7.50. The zero-order valence-electron chi connectivity index (χ0n) is 13.7. The van der Waals surface area contributed by atoms with Crippen LogP contribution >= 0.6 is 7.60 Å². The Kier molecular flexibility index (Phi) is 5.42. The number of carbonyl (C=O) groups is 1. The summed E-state index contributed by atoms with van der Waals surface area (Å²) in [5.41, 5.74) is 0.575. The van der Waals surface area contributed by atoms with E-state index in [2.05, 4.69) is 0 Å². The van der Waals surface area contributed by atoms with Crippen LogP contribution in [0.1, 0.15) is 27.2 Å². The molecule has 0 saturated heterocycles. The molecule has 0 aliphatic rings. The summed E-state index contributed by atoms with van der Waals surface area (Å²) in [7, 11) is -2.68. The van der Waals surface area contributed by atoms with Crippen LogP contribution in [0.3, 0.4) is 0 Å². The van der Waals surface area contributed by atoms with Gasteiger partial charge in [0.15, 0.2) is 5.78 Å². The van der Waals surface area contributed by atoms with Gasteiger partial charge in [-0.15, -0.1) is 0 Å². The fourth-order valence-electron chi connectivity index (χ4n) is 2.32. The fraction of sp³-hybridized carbons (Fsp3) is 0.176. The minimum atomic E-state index is -4.18. The lowest BCUT2D eigenvalue weighted by molar-refractivity contribution is 0.104. The Morgan fingerprint density at radius 1 is 1.28 bits per heavy atom. The highest BCUT2D eigenvalue weighted by atomic mass is 31.2. The maximum Gasteiger partial charge on any atom is 0.329 e. The third-order valence-electron chi connectivity index (χ3n) is 3.66. The van der Waals surface area contributed by atoms with Crippen LogP contribution in [-0.4, -0.2) is 25.2 Å². The van der Waals surface area contributed by atoms with E-state index in [1.165, 1.54) is 29.8 Å². The van der Waals surface area contributed by atoms with Gasteiger partial charge in [0.25, 0.3) is 5.56 Å². The van der Waals surface area contributed by atoms with E-state index in [0.29, 0.717) is 16.8 Å². The number of hydrogen-bond donors (Lipinski definition) is 3. The minimum absolute atomic E-state index is 0.323. The van der Waals surface area contributed by atoms with Gasteiger partial charge in [0.1, 0.15) is 11.3 Å². The first-order valence-electron chi connectivity index (χ1n) is 7.34. The number of aromatic nitrogens is 1. The molecule has 0 amide bonds. The van der Waals surface area contributed by atoms with Gasteiger partial charge in [-0.05, 0) is 24.1 Å². The Morgan fingerprint density at radius 3 is 2.60 bits per heavy atom. The summed E-state index contributed by atoms with van der Waals surface area (Å²) in [4.78, 5) is 42.4. The lowest BCUT2D eigenvalue weighted by Crippen LogP contribution is -2.25. The van der Waals surface area contributed by atoms with E-state index in [4.69, 9.17) is 9.79 Å². The fourth-order valence-corrected chi connectivity index (χ4v) is 3.00. The van der Waals surface area contributed by atoms with Crippen LogP contribution in [0, 0.1) is 6.92 Å². The first-order chi connectivity index (χ1) is 11.6. The quantitative estimate of drug-likeness (QED) is 0.425. The van der Waals surface area contributed by atoms with Gasteiger partial charge in [0.05, 0.1) is 6.16 Å². The Hall–Kier alpha value is -2.47. The second-order valence-corrected chi connectivity index (χ2v) is 7.32. The molecule has 3 N–H and O–H groups in total. The number of rotatable bonds is 5. The first kappa shape index (κ1) is 18.9. The number of allylic oxidation sites excluding steroid dienone is 1. The predicted molar refractivity (Wildman–Crippen MR) is 93.6 cm³/mol. The zero-order valence-corrected chi connectivity index (χ0v) is 14.6. The topological polar surface area (TPSA) is 117 Å².